The van der Waals surface area contributed by atoms with E-state index >= 15 is 0 Å². The molecule has 0 aromatic carbocycles. The largest absolute Gasteiger partial charge is 0.481 e. The van der Waals surface area contributed by atoms with Gasteiger partial charge < -0.3 is 5.11 Å². The zero-order valence-corrected chi connectivity index (χ0v) is 11.1. The molecule has 1 aliphatic rings. The van der Waals surface area contributed by atoms with E-state index in [9.17, 15) is 18.7 Å². The number of halogens is 3. The Bertz CT molecular complexity index is 430. The molecule has 0 spiro atoms. The average Bonchev–Trinajstić information content (AvgIpc) is 2.33. The number of aliphatic carboxylic acids is 1. The molecule has 1 saturated carbocycles. The van der Waals surface area contributed by atoms with Crippen LogP contribution < -0.4 is 0 Å². The molecule has 3 nitrogen and oxygen atoms in total. The number of carboxylic acids is 1. The van der Waals surface area contributed by atoms with Crippen molar-refractivity contribution in [2.45, 2.75) is 38.0 Å². The van der Waals surface area contributed by atoms with Gasteiger partial charge in [-0.05, 0) is 30.9 Å². The van der Waals surface area contributed by atoms with Crippen LogP contribution in [0.25, 0.3) is 0 Å². The maximum absolute atomic E-state index is 13.1. The van der Waals surface area contributed by atoms with E-state index < -0.39 is 17.3 Å². The first-order valence-corrected chi connectivity index (χ1v) is 5.94. The second kappa shape index (κ2) is 5.82. The summed E-state index contributed by atoms with van der Waals surface area (Å²) in [5.41, 5.74) is -0.282. The quantitative estimate of drug-likeness (QED) is 0.929. The van der Waals surface area contributed by atoms with Gasteiger partial charge >= 0.3 is 5.97 Å². The molecule has 1 fully saturated rings. The third kappa shape index (κ3) is 3.62. The van der Waals surface area contributed by atoms with Gasteiger partial charge in [0.15, 0.2) is 0 Å². The molecule has 0 amide bonds. The molecule has 0 bridgehead atoms. The molecule has 1 aromatic rings. The molecular weight excluding hydrogens is 276 g/mol. The fourth-order valence-corrected chi connectivity index (χ4v) is 2.45. The van der Waals surface area contributed by atoms with Gasteiger partial charge in [0, 0.05) is 25.2 Å². The molecule has 0 radical (unpaired) electrons. The van der Waals surface area contributed by atoms with E-state index in [1.54, 1.807) is 24.5 Å². The van der Waals surface area contributed by atoms with Gasteiger partial charge in [-0.3, -0.25) is 9.78 Å². The minimum atomic E-state index is -2.71. The Morgan fingerprint density at radius 1 is 1.32 bits per heavy atom. The highest BCUT2D eigenvalue weighted by Crippen LogP contribution is 2.45. The zero-order chi connectivity index (χ0) is 13.2. The monoisotopic (exact) mass is 291 g/mol. The Labute approximate surface area is 116 Å². The molecule has 19 heavy (non-hydrogen) atoms. The van der Waals surface area contributed by atoms with Crippen LogP contribution in [0.15, 0.2) is 24.5 Å². The van der Waals surface area contributed by atoms with Crippen LogP contribution in [0.5, 0.6) is 0 Å². The first kappa shape index (κ1) is 15.8. The molecule has 1 heterocycles. The Balaban J connectivity index is 0.00000180. The normalized spacial score (nSPS) is 20.3. The number of pyridine rings is 1. The molecule has 1 aromatic heterocycles. The van der Waals surface area contributed by atoms with E-state index in [0.717, 1.165) is 5.56 Å². The third-order valence-electron chi connectivity index (χ3n) is 3.66. The number of hydrogen-bond donors (Lipinski definition) is 1. The van der Waals surface area contributed by atoms with Crippen LogP contribution in [-0.4, -0.2) is 22.0 Å². The molecule has 2 rings (SSSR count). The minimum absolute atomic E-state index is 0. The Morgan fingerprint density at radius 2 is 1.95 bits per heavy atom. The highest BCUT2D eigenvalue weighted by molar-refractivity contribution is 5.85. The van der Waals surface area contributed by atoms with Crippen molar-refractivity contribution in [3.8, 4) is 0 Å². The predicted molar refractivity (Wildman–Crippen MR) is 68.7 cm³/mol. The summed E-state index contributed by atoms with van der Waals surface area (Å²) in [6, 6.07) is 3.51. The van der Waals surface area contributed by atoms with Gasteiger partial charge in [-0.1, -0.05) is 6.07 Å². The fraction of sp³-hybridized carbons (Fsp3) is 0.538. The Morgan fingerprint density at radius 3 is 2.42 bits per heavy atom. The summed E-state index contributed by atoms with van der Waals surface area (Å²) < 4.78 is 26.3. The van der Waals surface area contributed by atoms with E-state index in [-0.39, 0.29) is 44.5 Å². The first-order chi connectivity index (χ1) is 8.44. The van der Waals surface area contributed by atoms with Gasteiger partial charge in [-0.2, -0.15) is 0 Å². The van der Waals surface area contributed by atoms with Crippen molar-refractivity contribution in [1.29, 1.82) is 0 Å². The highest BCUT2D eigenvalue weighted by Gasteiger charge is 2.47. The lowest BCUT2D eigenvalue weighted by Gasteiger charge is -2.36. The van der Waals surface area contributed by atoms with Crippen LogP contribution in [0.4, 0.5) is 8.78 Å². The molecule has 0 atom stereocenters. The van der Waals surface area contributed by atoms with Gasteiger partial charge in [0.2, 0.25) is 5.92 Å². The number of nitrogens with zero attached hydrogens (tertiary/aromatic N) is 1. The second-order valence-electron chi connectivity index (χ2n) is 4.98. The predicted octanol–water partition coefficient (Wildman–Crippen LogP) is 3.33. The Kier molecular flexibility index (Phi) is 4.85. The van der Waals surface area contributed by atoms with Crippen molar-refractivity contribution in [3.05, 3.63) is 30.1 Å². The molecule has 1 N–H and O–H groups in total. The van der Waals surface area contributed by atoms with E-state index in [0.29, 0.717) is 0 Å². The highest BCUT2D eigenvalue weighted by atomic mass is 35.5. The van der Waals surface area contributed by atoms with Crippen molar-refractivity contribution in [2.75, 3.05) is 0 Å². The number of aromatic nitrogens is 1. The molecule has 0 unspecified atom stereocenters. The molecule has 1 aliphatic carbocycles. The number of carboxylic acid groups (broad SMARTS) is 1. The fourth-order valence-electron chi connectivity index (χ4n) is 2.45. The summed E-state index contributed by atoms with van der Waals surface area (Å²) in [5.74, 6) is -3.70. The zero-order valence-electron chi connectivity index (χ0n) is 10.3. The summed E-state index contributed by atoms with van der Waals surface area (Å²) in [7, 11) is 0. The van der Waals surface area contributed by atoms with Crippen LogP contribution in [0.1, 0.15) is 31.2 Å². The van der Waals surface area contributed by atoms with Crippen molar-refractivity contribution < 1.29 is 18.7 Å². The maximum Gasteiger partial charge on any atom is 0.309 e. The first-order valence-electron chi connectivity index (χ1n) is 5.94. The van der Waals surface area contributed by atoms with Gasteiger partial charge in [0.1, 0.15) is 0 Å². The van der Waals surface area contributed by atoms with Gasteiger partial charge in [0.25, 0.3) is 0 Å². The molecule has 6 heteroatoms. The van der Waals surface area contributed by atoms with Crippen molar-refractivity contribution in [2.24, 2.45) is 5.41 Å². The van der Waals surface area contributed by atoms with Gasteiger partial charge in [0.05, 0.1) is 5.41 Å². The maximum atomic E-state index is 13.1. The van der Waals surface area contributed by atoms with E-state index in [2.05, 4.69) is 4.98 Å². The van der Waals surface area contributed by atoms with Crippen molar-refractivity contribution in [1.82, 2.24) is 4.98 Å². The van der Waals surface area contributed by atoms with Crippen LogP contribution >= 0.6 is 12.4 Å². The molecule has 0 aliphatic heterocycles. The summed E-state index contributed by atoms with van der Waals surface area (Å²) in [6.45, 7) is 0. The number of carbonyl (C=O) groups is 1. The summed E-state index contributed by atoms with van der Waals surface area (Å²) in [6.07, 6.45) is 2.81. The number of alkyl halides is 2. The minimum Gasteiger partial charge on any atom is -0.481 e. The smallest absolute Gasteiger partial charge is 0.309 e. The number of hydrogen-bond acceptors (Lipinski definition) is 2. The van der Waals surface area contributed by atoms with Crippen LogP contribution in [-0.2, 0) is 11.2 Å². The van der Waals surface area contributed by atoms with Crippen LogP contribution in [0, 0.1) is 5.41 Å². The third-order valence-corrected chi connectivity index (χ3v) is 3.66. The van der Waals surface area contributed by atoms with E-state index in [1.165, 1.54) is 0 Å². The molecule has 106 valence electrons. The van der Waals surface area contributed by atoms with Gasteiger partial charge in [-0.15, -0.1) is 12.4 Å². The topological polar surface area (TPSA) is 50.2 Å². The lowest BCUT2D eigenvalue weighted by atomic mass is 9.69. The van der Waals surface area contributed by atoms with Gasteiger partial charge in [-0.25, -0.2) is 8.78 Å². The van der Waals surface area contributed by atoms with E-state index in [1.807, 2.05) is 0 Å². The second-order valence-corrected chi connectivity index (χ2v) is 4.98. The molecule has 0 saturated heterocycles. The van der Waals surface area contributed by atoms with Crippen LogP contribution in [0.3, 0.4) is 0 Å². The van der Waals surface area contributed by atoms with Crippen molar-refractivity contribution in [3.63, 3.8) is 0 Å². The SMILES string of the molecule is Cl.O=C(O)C1(Cc2cccnc2)CCC(F)(F)CC1. The average molecular weight is 292 g/mol. The lowest BCUT2D eigenvalue weighted by Crippen LogP contribution is -2.40. The molecular formula is C13H16ClF2NO2. The van der Waals surface area contributed by atoms with Crippen molar-refractivity contribution >= 4 is 18.4 Å². The lowest BCUT2D eigenvalue weighted by molar-refractivity contribution is -0.156. The Hall–Kier alpha value is -1.23. The summed E-state index contributed by atoms with van der Waals surface area (Å²) in [4.78, 5) is 15.4. The standard InChI is InChI=1S/C13H15F2NO2.ClH/c14-13(15)5-3-12(4-6-13,11(17)18)8-10-2-1-7-16-9-10;/h1-2,7,9H,3-6,8H2,(H,17,18);1H. The van der Waals surface area contributed by atoms with E-state index in [4.69, 9.17) is 0 Å². The van der Waals surface area contributed by atoms with Crippen LogP contribution in [0.2, 0.25) is 0 Å². The number of rotatable bonds is 3. The summed E-state index contributed by atoms with van der Waals surface area (Å²) >= 11 is 0. The summed E-state index contributed by atoms with van der Waals surface area (Å²) in [5, 5.41) is 9.35.